The van der Waals surface area contributed by atoms with Gasteiger partial charge >= 0.3 is 5.97 Å². The van der Waals surface area contributed by atoms with Crippen LogP contribution in [0.2, 0.25) is 0 Å². The molecule has 0 aromatic heterocycles. The molecule has 0 aromatic rings. The lowest BCUT2D eigenvalue weighted by atomic mass is 9.60. The van der Waals surface area contributed by atoms with Gasteiger partial charge in [-0.05, 0) is 42.9 Å². The summed E-state index contributed by atoms with van der Waals surface area (Å²) in [5, 5.41) is 0. The molecule has 25 heavy (non-hydrogen) atoms. The summed E-state index contributed by atoms with van der Waals surface area (Å²) < 4.78 is 23.9. The molecule has 7 atom stereocenters. The third kappa shape index (κ3) is 2.92. The van der Waals surface area contributed by atoms with Gasteiger partial charge in [0, 0.05) is 17.9 Å². The molecule has 0 radical (unpaired) electrons. The van der Waals surface area contributed by atoms with E-state index >= 15 is 0 Å². The molecular formula is C20H32O5. The van der Waals surface area contributed by atoms with Crippen molar-refractivity contribution >= 4 is 5.97 Å². The van der Waals surface area contributed by atoms with Gasteiger partial charge in [-0.1, -0.05) is 27.7 Å². The summed E-state index contributed by atoms with van der Waals surface area (Å²) in [6.07, 6.45) is 3.87. The van der Waals surface area contributed by atoms with Crippen molar-refractivity contribution in [1.82, 2.24) is 0 Å². The lowest BCUT2D eigenvalue weighted by Gasteiger charge is -2.46. The van der Waals surface area contributed by atoms with Crippen LogP contribution in [0.4, 0.5) is 0 Å². The molecule has 0 amide bonds. The Labute approximate surface area is 150 Å². The molecule has 0 aromatic carbocycles. The number of fused-ring (bicyclic) bond motifs is 1. The molecule has 5 heteroatoms. The Bertz CT molecular complexity index is 527. The Morgan fingerprint density at radius 3 is 2.64 bits per heavy atom. The lowest BCUT2D eigenvalue weighted by molar-refractivity contribution is -0.217. The molecule has 1 spiro atoms. The van der Waals surface area contributed by atoms with Crippen LogP contribution in [0.3, 0.4) is 0 Å². The van der Waals surface area contributed by atoms with Crippen molar-refractivity contribution in [2.75, 3.05) is 19.8 Å². The van der Waals surface area contributed by atoms with Crippen LogP contribution in [0.5, 0.6) is 0 Å². The molecule has 1 saturated carbocycles. The van der Waals surface area contributed by atoms with Crippen LogP contribution in [0.25, 0.3) is 0 Å². The first-order valence-corrected chi connectivity index (χ1v) is 9.85. The normalized spacial score (nSPS) is 47.3. The molecule has 3 saturated heterocycles. The van der Waals surface area contributed by atoms with Crippen molar-refractivity contribution in [2.45, 2.75) is 71.9 Å². The molecule has 5 nitrogen and oxygen atoms in total. The van der Waals surface area contributed by atoms with Gasteiger partial charge in [-0.2, -0.15) is 0 Å². The maximum absolute atomic E-state index is 12.2. The number of carbonyl (C=O) groups is 1. The van der Waals surface area contributed by atoms with Crippen molar-refractivity contribution in [3.05, 3.63) is 0 Å². The van der Waals surface area contributed by atoms with E-state index in [0.29, 0.717) is 18.4 Å². The number of carbonyl (C=O) groups excluding carboxylic acids is 1. The van der Waals surface area contributed by atoms with Gasteiger partial charge in [-0.3, -0.25) is 0 Å². The fraction of sp³-hybridized carbons (Fsp3) is 0.950. The molecule has 4 rings (SSSR count). The number of rotatable bonds is 2. The highest BCUT2D eigenvalue weighted by Crippen LogP contribution is 2.64. The first-order chi connectivity index (χ1) is 11.8. The predicted molar refractivity (Wildman–Crippen MR) is 91.8 cm³/mol. The Morgan fingerprint density at radius 1 is 1.16 bits per heavy atom. The average molecular weight is 352 g/mol. The summed E-state index contributed by atoms with van der Waals surface area (Å²) in [5.74, 6) is 1.02. The van der Waals surface area contributed by atoms with Crippen molar-refractivity contribution in [2.24, 2.45) is 28.6 Å². The van der Waals surface area contributed by atoms with E-state index in [1.165, 1.54) is 0 Å². The molecule has 1 aliphatic carbocycles. The minimum absolute atomic E-state index is 0.00343. The van der Waals surface area contributed by atoms with Crippen LogP contribution in [-0.2, 0) is 23.7 Å². The van der Waals surface area contributed by atoms with Crippen LogP contribution in [0.15, 0.2) is 0 Å². The van der Waals surface area contributed by atoms with E-state index in [0.717, 1.165) is 32.3 Å². The molecule has 142 valence electrons. The quantitative estimate of drug-likeness (QED) is 0.715. The summed E-state index contributed by atoms with van der Waals surface area (Å²) in [4.78, 5) is 12.2. The van der Waals surface area contributed by atoms with E-state index in [9.17, 15) is 4.79 Å². The van der Waals surface area contributed by atoms with Crippen LogP contribution in [0.1, 0.15) is 53.4 Å². The van der Waals surface area contributed by atoms with Gasteiger partial charge in [0.1, 0.15) is 12.7 Å². The van der Waals surface area contributed by atoms with Crippen molar-refractivity contribution in [3.8, 4) is 0 Å². The van der Waals surface area contributed by atoms with E-state index in [-0.39, 0.29) is 47.8 Å². The second-order valence-electron chi connectivity index (χ2n) is 9.70. The maximum atomic E-state index is 12.2. The molecule has 2 bridgehead atoms. The van der Waals surface area contributed by atoms with Gasteiger partial charge in [0.05, 0.1) is 12.7 Å². The second-order valence-corrected chi connectivity index (χ2v) is 9.70. The molecule has 5 unspecified atom stereocenters. The predicted octanol–water partition coefficient (Wildman–Crippen LogP) is 3.16. The summed E-state index contributed by atoms with van der Waals surface area (Å²) in [6, 6.07) is 0. The molecule has 4 fully saturated rings. The van der Waals surface area contributed by atoms with Crippen LogP contribution >= 0.6 is 0 Å². The average Bonchev–Trinajstić information content (AvgIpc) is 3.18. The first-order valence-electron chi connectivity index (χ1n) is 9.85. The SMILES string of the molecule is C[C@@H]1COC(CC2C3C[C@@H](C(C)(C)C)C24CCOC4OCC(=O)O3)C1. The Morgan fingerprint density at radius 2 is 1.96 bits per heavy atom. The molecule has 3 heterocycles. The fourth-order valence-corrected chi connectivity index (χ4v) is 6.08. The van der Waals surface area contributed by atoms with Crippen LogP contribution < -0.4 is 0 Å². The van der Waals surface area contributed by atoms with E-state index in [1.54, 1.807) is 0 Å². The summed E-state index contributed by atoms with van der Waals surface area (Å²) in [7, 11) is 0. The molecule has 3 aliphatic heterocycles. The monoisotopic (exact) mass is 352 g/mol. The highest BCUT2D eigenvalue weighted by atomic mass is 16.7. The summed E-state index contributed by atoms with van der Waals surface area (Å²) in [6.45, 7) is 10.7. The van der Waals surface area contributed by atoms with Gasteiger partial charge in [-0.15, -0.1) is 0 Å². The minimum atomic E-state index is -0.293. The number of ether oxygens (including phenoxy) is 4. The smallest absolute Gasteiger partial charge is 0.332 e. The Hall–Kier alpha value is -0.650. The topological polar surface area (TPSA) is 54.0 Å². The standard InChI is InChI=1S/C20H32O5/c1-12-7-13(23-10-12)8-14-15-9-16(19(2,3)4)20(14)5-6-22-18(20)24-11-17(21)25-15/h12-16,18H,5-11H2,1-4H3/t12-,13?,14?,15?,16-,18?,20?/m0/s1. The van der Waals surface area contributed by atoms with Gasteiger partial charge in [-0.25, -0.2) is 4.79 Å². The van der Waals surface area contributed by atoms with Gasteiger partial charge in [0.2, 0.25) is 0 Å². The van der Waals surface area contributed by atoms with Gasteiger partial charge in [0.15, 0.2) is 6.29 Å². The minimum Gasteiger partial charge on any atom is -0.460 e. The number of hydrogen-bond acceptors (Lipinski definition) is 5. The van der Waals surface area contributed by atoms with E-state index in [1.807, 2.05) is 0 Å². The number of hydrogen-bond donors (Lipinski definition) is 0. The largest absolute Gasteiger partial charge is 0.460 e. The van der Waals surface area contributed by atoms with E-state index in [2.05, 4.69) is 27.7 Å². The zero-order valence-electron chi connectivity index (χ0n) is 16.0. The zero-order valence-corrected chi connectivity index (χ0v) is 16.0. The zero-order chi connectivity index (χ0) is 17.8. The summed E-state index contributed by atoms with van der Waals surface area (Å²) in [5.41, 5.74) is 0.0433. The van der Waals surface area contributed by atoms with Gasteiger partial charge < -0.3 is 18.9 Å². The van der Waals surface area contributed by atoms with Crippen LogP contribution in [0, 0.1) is 28.6 Å². The molecular weight excluding hydrogens is 320 g/mol. The lowest BCUT2D eigenvalue weighted by Crippen LogP contribution is -2.49. The first kappa shape index (κ1) is 17.7. The number of esters is 1. The highest BCUT2D eigenvalue weighted by Gasteiger charge is 2.66. The second kappa shape index (κ2) is 6.21. The van der Waals surface area contributed by atoms with Crippen LogP contribution in [-0.4, -0.2) is 44.3 Å². The highest BCUT2D eigenvalue weighted by molar-refractivity contribution is 5.71. The van der Waals surface area contributed by atoms with Gasteiger partial charge in [0.25, 0.3) is 0 Å². The van der Waals surface area contributed by atoms with Crippen molar-refractivity contribution in [1.29, 1.82) is 0 Å². The van der Waals surface area contributed by atoms with E-state index in [4.69, 9.17) is 18.9 Å². The molecule has 4 aliphatic rings. The fourth-order valence-electron chi connectivity index (χ4n) is 6.08. The van der Waals surface area contributed by atoms with E-state index < -0.39 is 0 Å². The molecule has 0 N–H and O–H groups in total. The Balaban J connectivity index is 1.70. The maximum Gasteiger partial charge on any atom is 0.332 e. The summed E-state index contributed by atoms with van der Waals surface area (Å²) >= 11 is 0. The van der Waals surface area contributed by atoms with Crippen molar-refractivity contribution in [3.63, 3.8) is 0 Å². The third-order valence-electron chi connectivity index (χ3n) is 6.98. The van der Waals surface area contributed by atoms with Crippen molar-refractivity contribution < 1.29 is 23.7 Å². The third-order valence-corrected chi connectivity index (χ3v) is 6.98. The Kier molecular flexibility index (Phi) is 4.41.